The molecule has 0 unspecified atom stereocenters. The van der Waals surface area contributed by atoms with Crippen LogP contribution < -0.4 is 9.64 Å². The predicted molar refractivity (Wildman–Crippen MR) is 109 cm³/mol. The Hall–Kier alpha value is -2.50. The van der Waals surface area contributed by atoms with Crippen molar-refractivity contribution in [2.75, 3.05) is 38.2 Å². The fraction of sp³-hybridized carbons (Fsp3) is 0.286. The lowest BCUT2D eigenvalue weighted by Gasteiger charge is -2.36. The summed E-state index contributed by atoms with van der Waals surface area (Å²) in [5.41, 5.74) is 3.33. The molecule has 2 aromatic carbocycles. The molecule has 0 aliphatic carbocycles. The van der Waals surface area contributed by atoms with Gasteiger partial charge in [0.25, 0.3) is 0 Å². The number of aromatic nitrogens is 2. The first-order chi connectivity index (χ1) is 13.2. The molecule has 1 saturated heterocycles. The minimum atomic E-state index is 0.722. The molecule has 0 saturated carbocycles. The number of anilines is 1. The van der Waals surface area contributed by atoms with Crippen LogP contribution in [-0.4, -0.2) is 48.0 Å². The van der Waals surface area contributed by atoms with Gasteiger partial charge in [-0.25, -0.2) is 4.68 Å². The lowest BCUT2D eigenvalue weighted by Crippen LogP contribution is -2.46. The van der Waals surface area contributed by atoms with E-state index in [1.54, 1.807) is 7.11 Å². The SMILES string of the molecule is COc1ccccc1N1CCN(Cc2ccnn2-c2cccc(Cl)c2)CC1. The van der Waals surface area contributed by atoms with Gasteiger partial charge < -0.3 is 9.64 Å². The van der Waals surface area contributed by atoms with Crippen LogP contribution in [-0.2, 0) is 6.54 Å². The van der Waals surface area contributed by atoms with Crippen molar-refractivity contribution >= 4 is 17.3 Å². The van der Waals surface area contributed by atoms with E-state index < -0.39 is 0 Å². The zero-order valence-corrected chi connectivity index (χ0v) is 16.1. The van der Waals surface area contributed by atoms with Crippen LogP contribution in [0.25, 0.3) is 5.69 Å². The van der Waals surface area contributed by atoms with Crippen molar-refractivity contribution in [2.45, 2.75) is 6.54 Å². The molecule has 1 aliphatic heterocycles. The molecule has 2 heterocycles. The summed E-state index contributed by atoms with van der Waals surface area (Å²) in [5, 5.41) is 5.20. The summed E-state index contributed by atoms with van der Waals surface area (Å²) in [5.74, 6) is 0.935. The van der Waals surface area contributed by atoms with Crippen LogP contribution in [0.3, 0.4) is 0 Å². The molecular formula is C21H23ClN4O. The number of benzene rings is 2. The lowest BCUT2D eigenvalue weighted by molar-refractivity contribution is 0.244. The molecule has 1 fully saturated rings. The van der Waals surface area contributed by atoms with Crippen molar-refractivity contribution in [3.63, 3.8) is 0 Å². The van der Waals surface area contributed by atoms with Crippen LogP contribution in [0.4, 0.5) is 5.69 Å². The molecule has 0 N–H and O–H groups in total. The summed E-state index contributed by atoms with van der Waals surface area (Å²) in [7, 11) is 1.73. The molecule has 27 heavy (non-hydrogen) atoms. The molecule has 140 valence electrons. The number of hydrogen-bond donors (Lipinski definition) is 0. The first-order valence-electron chi connectivity index (χ1n) is 9.14. The van der Waals surface area contributed by atoms with Gasteiger partial charge in [-0.2, -0.15) is 5.10 Å². The van der Waals surface area contributed by atoms with Gasteiger partial charge in [0.05, 0.1) is 24.2 Å². The highest BCUT2D eigenvalue weighted by Crippen LogP contribution is 2.28. The number of rotatable bonds is 5. The molecule has 0 bridgehead atoms. The number of ether oxygens (including phenoxy) is 1. The predicted octanol–water partition coefficient (Wildman–Crippen LogP) is 3.86. The van der Waals surface area contributed by atoms with E-state index in [1.165, 1.54) is 11.4 Å². The first-order valence-corrected chi connectivity index (χ1v) is 9.51. The maximum absolute atomic E-state index is 6.14. The minimum absolute atomic E-state index is 0.722. The van der Waals surface area contributed by atoms with Crippen molar-refractivity contribution in [3.8, 4) is 11.4 Å². The van der Waals surface area contributed by atoms with E-state index in [4.69, 9.17) is 16.3 Å². The fourth-order valence-corrected chi connectivity index (χ4v) is 3.74. The highest BCUT2D eigenvalue weighted by Gasteiger charge is 2.20. The maximum Gasteiger partial charge on any atom is 0.142 e. The fourth-order valence-electron chi connectivity index (χ4n) is 3.56. The Morgan fingerprint density at radius 2 is 1.81 bits per heavy atom. The Morgan fingerprint density at radius 3 is 2.59 bits per heavy atom. The van der Waals surface area contributed by atoms with E-state index in [1.807, 2.05) is 47.3 Å². The van der Waals surface area contributed by atoms with E-state index in [0.717, 1.165) is 49.2 Å². The quantitative estimate of drug-likeness (QED) is 0.671. The van der Waals surface area contributed by atoms with E-state index >= 15 is 0 Å². The number of para-hydroxylation sites is 2. The molecule has 0 atom stereocenters. The summed E-state index contributed by atoms with van der Waals surface area (Å²) < 4.78 is 7.48. The number of hydrogen-bond acceptors (Lipinski definition) is 4. The van der Waals surface area contributed by atoms with Gasteiger partial charge >= 0.3 is 0 Å². The molecule has 5 nitrogen and oxygen atoms in total. The van der Waals surface area contributed by atoms with Gasteiger partial charge in [-0.15, -0.1) is 0 Å². The second-order valence-electron chi connectivity index (χ2n) is 6.65. The Balaban J connectivity index is 1.43. The van der Waals surface area contributed by atoms with Crippen LogP contribution in [0, 0.1) is 0 Å². The zero-order valence-electron chi connectivity index (χ0n) is 15.4. The van der Waals surface area contributed by atoms with E-state index in [9.17, 15) is 0 Å². The molecule has 6 heteroatoms. The van der Waals surface area contributed by atoms with Gasteiger partial charge in [0, 0.05) is 43.9 Å². The topological polar surface area (TPSA) is 33.5 Å². The molecule has 0 amide bonds. The minimum Gasteiger partial charge on any atom is -0.495 e. The largest absolute Gasteiger partial charge is 0.495 e. The summed E-state index contributed by atoms with van der Waals surface area (Å²) >= 11 is 6.14. The van der Waals surface area contributed by atoms with Crippen LogP contribution in [0.15, 0.2) is 60.8 Å². The van der Waals surface area contributed by atoms with E-state index in [0.29, 0.717) is 0 Å². The molecule has 1 aliphatic rings. The Kier molecular flexibility index (Phi) is 5.32. The average molecular weight is 383 g/mol. The van der Waals surface area contributed by atoms with E-state index in [-0.39, 0.29) is 0 Å². The van der Waals surface area contributed by atoms with Gasteiger partial charge in [-0.1, -0.05) is 29.8 Å². The van der Waals surface area contributed by atoms with Gasteiger partial charge in [0.15, 0.2) is 0 Å². The molecule has 0 spiro atoms. The normalized spacial score (nSPS) is 15.1. The van der Waals surface area contributed by atoms with E-state index in [2.05, 4.69) is 33.1 Å². The second-order valence-corrected chi connectivity index (χ2v) is 7.09. The lowest BCUT2D eigenvalue weighted by atomic mass is 10.2. The van der Waals surface area contributed by atoms with Gasteiger partial charge in [-0.05, 0) is 36.4 Å². The van der Waals surface area contributed by atoms with Crippen molar-refractivity contribution in [3.05, 3.63) is 71.5 Å². The summed E-state index contributed by atoms with van der Waals surface area (Å²) in [6.45, 7) is 4.82. The third-order valence-corrected chi connectivity index (χ3v) is 5.19. The Labute approximate surface area is 164 Å². The number of methoxy groups -OCH3 is 1. The first kappa shape index (κ1) is 17.9. The molecule has 0 radical (unpaired) electrons. The highest BCUT2D eigenvalue weighted by molar-refractivity contribution is 6.30. The second kappa shape index (κ2) is 8.03. The molecule has 4 rings (SSSR count). The number of nitrogens with zero attached hydrogens (tertiary/aromatic N) is 4. The van der Waals surface area contributed by atoms with Crippen molar-refractivity contribution in [1.82, 2.24) is 14.7 Å². The average Bonchev–Trinajstić information content (AvgIpc) is 3.17. The summed E-state index contributed by atoms with van der Waals surface area (Å²) in [4.78, 5) is 4.85. The number of halogens is 1. The highest BCUT2D eigenvalue weighted by atomic mass is 35.5. The van der Waals surface area contributed by atoms with Gasteiger partial charge in [0.1, 0.15) is 5.75 Å². The van der Waals surface area contributed by atoms with Crippen LogP contribution in [0.5, 0.6) is 5.75 Å². The van der Waals surface area contributed by atoms with Crippen molar-refractivity contribution < 1.29 is 4.74 Å². The smallest absolute Gasteiger partial charge is 0.142 e. The van der Waals surface area contributed by atoms with Crippen LogP contribution >= 0.6 is 11.6 Å². The molecule has 1 aromatic heterocycles. The summed E-state index contributed by atoms with van der Waals surface area (Å²) in [6.07, 6.45) is 1.85. The monoisotopic (exact) mass is 382 g/mol. The molecule has 3 aromatic rings. The zero-order chi connectivity index (χ0) is 18.6. The van der Waals surface area contributed by atoms with Crippen molar-refractivity contribution in [2.24, 2.45) is 0 Å². The third kappa shape index (κ3) is 3.94. The Bertz CT molecular complexity index is 902. The maximum atomic E-state index is 6.14. The third-order valence-electron chi connectivity index (χ3n) is 4.96. The van der Waals surface area contributed by atoms with Gasteiger partial charge in [0.2, 0.25) is 0 Å². The standard InChI is InChI=1S/C21H23ClN4O/c1-27-21-8-3-2-7-20(21)25-13-11-24(12-14-25)16-19-9-10-23-26(19)18-6-4-5-17(22)15-18/h2-10,15H,11-14,16H2,1H3. The molecular weight excluding hydrogens is 360 g/mol. The van der Waals surface area contributed by atoms with Gasteiger partial charge in [-0.3, -0.25) is 4.90 Å². The Morgan fingerprint density at radius 1 is 1.00 bits per heavy atom. The van der Waals surface area contributed by atoms with Crippen LogP contribution in [0.2, 0.25) is 5.02 Å². The summed E-state index contributed by atoms with van der Waals surface area (Å²) in [6, 6.07) is 18.1. The van der Waals surface area contributed by atoms with Crippen LogP contribution in [0.1, 0.15) is 5.69 Å². The number of piperazine rings is 1. The van der Waals surface area contributed by atoms with Crippen molar-refractivity contribution in [1.29, 1.82) is 0 Å².